The van der Waals surface area contributed by atoms with Crippen LogP contribution in [0.2, 0.25) is 5.02 Å². The van der Waals surface area contributed by atoms with Crippen molar-refractivity contribution in [3.8, 4) is 40.5 Å². The van der Waals surface area contributed by atoms with Gasteiger partial charge >= 0.3 is 24.1 Å². The van der Waals surface area contributed by atoms with Gasteiger partial charge in [-0.1, -0.05) is 35.5 Å². The Morgan fingerprint density at radius 2 is 1.35 bits per heavy atom. The molecule has 2 heterocycles. The molecule has 0 saturated carbocycles. The predicted octanol–water partition coefficient (Wildman–Crippen LogP) is 8.90. The molecule has 0 radical (unpaired) electrons. The smallest absolute Gasteiger partial charge is 0.407 e. The van der Waals surface area contributed by atoms with Crippen molar-refractivity contribution >= 4 is 53.3 Å². The molecule has 0 bridgehead atoms. The van der Waals surface area contributed by atoms with E-state index in [1.54, 1.807) is 90.1 Å². The summed E-state index contributed by atoms with van der Waals surface area (Å²) in [5, 5.41) is 26.6. The number of nitrogens with two attached hydrogens (primary N) is 1. The number of anilines is 1. The number of unbranched alkanes of at least 4 members (excludes halogenated alkanes) is 2. The van der Waals surface area contributed by atoms with Crippen molar-refractivity contribution in [3.05, 3.63) is 76.6 Å². The monoisotopic (exact) mass is 931 g/mol. The van der Waals surface area contributed by atoms with E-state index in [0.29, 0.717) is 77.3 Å². The van der Waals surface area contributed by atoms with Crippen molar-refractivity contribution in [2.24, 2.45) is 0 Å². The van der Waals surface area contributed by atoms with Crippen LogP contribution in [-0.4, -0.2) is 77.7 Å². The van der Waals surface area contributed by atoms with Gasteiger partial charge in [0.15, 0.2) is 6.10 Å². The first-order valence-corrected chi connectivity index (χ1v) is 22.2. The van der Waals surface area contributed by atoms with E-state index in [2.05, 4.69) is 32.7 Å². The Labute approximate surface area is 387 Å². The maximum atomic E-state index is 12.9. The number of nitrogens with one attached hydrogen (secondary N) is 2. The van der Waals surface area contributed by atoms with E-state index in [-0.39, 0.29) is 48.8 Å². The highest BCUT2D eigenvalue weighted by atomic mass is 35.5. The average Bonchev–Trinajstić information content (AvgIpc) is 3.71. The van der Waals surface area contributed by atoms with Crippen LogP contribution in [-0.2, 0) is 34.3 Å². The second-order valence-corrected chi connectivity index (χ2v) is 17.9. The standard InChI is InChI=1S/C46H54ClN7O10S/c1-45(2,3)63-43(57)51-21-9-7-11-37(55)60-27-34(62-38(56)12-8-10-22-52-44(58)64-46(4,5)6)26-59-33-19-15-29(16-20-33)39-35(23-48)40(50)54-42(36(39)24-49)65-28-32-25-61-41(53-32)30-13-17-31(47)18-14-30/h13-20,25,34H,7-12,21-22,26-28H2,1-6H3,(H2,50,54)(H,51,57)(H,52,58). The highest BCUT2D eigenvalue weighted by Crippen LogP contribution is 2.37. The highest BCUT2D eigenvalue weighted by Gasteiger charge is 2.23. The third kappa shape index (κ3) is 17.9. The molecule has 0 fully saturated rings. The molecule has 0 aliphatic carbocycles. The van der Waals surface area contributed by atoms with Crippen LogP contribution in [0.25, 0.3) is 22.6 Å². The number of aromatic nitrogens is 2. The average molecular weight is 932 g/mol. The lowest BCUT2D eigenvalue weighted by molar-refractivity contribution is -0.161. The van der Waals surface area contributed by atoms with Gasteiger partial charge in [0.05, 0.1) is 11.3 Å². The molecule has 65 heavy (non-hydrogen) atoms. The zero-order valence-electron chi connectivity index (χ0n) is 37.3. The third-order valence-electron chi connectivity index (χ3n) is 8.67. The number of esters is 2. The number of hydrogen-bond acceptors (Lipinski definition) is 16. The number of halogens is 1. The Bertz CT molecular complexity index is 2330. The molecule has 4 rings (SSSR count). The second kappa shape index (κ2) is 24.5. The van der Waals surface area contributed by atoms with Crippen molar-refractivity contribution in [3.63, 3.8) is 0 Å². The summed E-state index contributed by atoms with van der Waals surface area (Å²) in [7, 11) is 0. The van der Waals surface area contributed by atoms with Gasteiger partial charge < -0.3 is 44.5 Å². The molecule has 346 valence electrons. The van der Waals surface area contributed by atoms with E-state index in [1.165, 1.54) is 18.0 Å². The summed E-state index contributed by atoms with van der Waals surface area (Å²) in [6.07, 6.45) is 1.33. The number of thioether (sulfide) groups is 1. The molecule has 1 unspecified atom stereocenters. The van der Waals surface area contributed by atoms with Gasteiger partial charge in [-0.25, -0.2) is 19.6 Å². The normalized spacial score (nSPS) is 11.6. The summed E-state index contributed by atoms with van der Waals surface area (Å²) in [5.41, 5.74) is 7.28. The summed E-state index contributed by atoms with van der Waals surface area (Å²) >= 11 is 7.22. The maximum absolute atomic E-state index is 12.9. The zero-order valence-corrected chi connectivity index (χ0v) is 38.9. The molecule has 4 aromatic rings. The molecular formula is C46H54ClN7O10S. The van der Waals surface area contributed by atoms with Crippen LogP contribution in [0, 0.1) is 22.7 Å². The molecular weight excluding hydrogens is 878 g/mol. The number of nitrogens with zero attached hydrogens (tertiary/aromatic N) is 4. The van der Waals surface area contributed by atoms with Crippen LogP contribution in [0.1, 0.15) is 96.9 Å². The summed E-state index contributed by atoms with van der Waals surface area (Å²) in [5.74, 6) is -0.0993. The van der Waals surface area contributed by atoms with E-state index < -0.39 is 41.4 Å². The van der Waals surface area contributed by atoms with Crippen molar-refractivity contribution in [2.45, 2.75) is 108 Å². The Balaban J connectivity index is 1.39. The van der Waals surface area contributed by atoms with Crippen LogP contribution in [0.5, 0.6) is 5.75 Å². The number of ether oxygens (including phenoxy) is 5. The fraction of sp³-hybridized carbons (Fsp3) is 0.435. The lowest BCUT2D eigenvalue weighted by atomic mass is 9.97. The number of amides is 2. The second-order valence-electron chi connectivity index (χ2n) is 16.5. The van der Waals surface area contributed by atoms with Crippen molar-refractivity contribution in [2.75, 3.05) is 32.0 Å². The quantitative estimate of drug-likeness (QED) is 0.0305. The number of rotatable bonds is 21. The van der Waals surface area contributed by atoms with Gasteiger partial charge in [-0.2, -0.15) is 10.5 Å². The largest absolute Gasteiger partial charge is 0.490 e. The van der Waals surface area contributed by atoms with Gasteiger partial charge in [0, 0.05) is 47.8 Å². The van der Waals surface area contributed by atoms with E-state index in [1.807, 2.05) is 0 Å². The van der Waals surface area contributed by atoms with Crippen LogP contribution >= 0.6 is 23.4 Å². The number of hydrogen-bond donors (Lipinski definition) is 3. The fourth-order valence-electron chi connectivity index (χ4n) is 5.76. The molecule has 1 atom stereocenters. The van der Waals surface area contributed by atoms with Crippen LogP contribution in [0.3, 0.4) is 0 Å². The van der Waals surface area contributed by atoms with Gasteiger partial charge in [0.1, 0.15) is 65.0 Å². The molecule has 0 saturated heterocycles. The lowest BCUT2D eigenvalue weighted by Crippen LogP contribution is -2.33. The first-order chi connectivity index (χ1) is 30.8. The summed E-state index contributed by atoms with van der Waals surface area (Å²) in [6.45, 7) is 10.7. The minimum absolute atomic E-state index is 0.0275. The summed E-state index contributed by atoms with van der Waals surface area (Å²) in [4.78, 5) is 58.3. The maximum Gasteiger partial charge on any atom is 0.407 e. The SMILES string of the molecule is CC(C)(C)OC(=O)NCCCCC(=O)OCC(COc1ccc(-c2c(C#N)c(N)nc(SCc3coc(-c4ccc(Cl)cc4)n3)c2C#N)cc1)OC(=O)CCCCNC(=O)OC(C)(C)C. The minimum Gasteiger partial charge on any atom is -0.490 e. The van der Waals surface area contributed by atoms with Crippen molar-refractivity contribution in [1.29, 1.82) is 10.5 Å². The highest BCUT2D eigenvalue weighted by molar-refractivity contribution is 7.98. The number of benzene rings is 2. The van der Waals surface area contributed by atoms with Gasteiger partial charge in [-0.3, -0.25) is 9.59 Å². The molecule has 0 aliphatic heterocycles. The molecule has 17 nitrogen and oxygen atoms in total. The Morgan fingerprint density at radius 1 is 0.785 bits per heavy atom. The van der Waals surface area contributed by atoms with E-state index in [4.69, 9.17) is 45.4 Å². The Morgan fingerprint density at radius 3 is 1.92 bits per heavy atom. The predicted molar refractivity (Wildman–Crippen MR) is 243 cm³/mol. The number of oxazole rings is 1. The first kappa shape index (κ1) is 51.1. The minimum atomic E-state index is -0.984. The van der Waals surface area contributed by atoms with Crippen molar-refractivity contribution < 1.29 is 47.3 Å². The van der Waals surface area contributed by atoms with Crippen molar-refractivity contribution in [1.82, 2.24) is 20.6 Å². The van der Waals surface area contributed by atoms with E-state index in [9.17, 15) is 29.7 Å². The van der Waals surface area contributed by atoms with Gasteiger partial charge in [0.25, 0.3) is 0 Å². The third-order valence-corrected chi connectivity index (χ3v) is 9.94. The molecule has 0 spiro atoms. The fourth-order valence-corrected chi connectivity index (χ4v) is 6.75. The number of nitrogen functional groups attached to an aromatic ring is 1. The number of nitriles is 2. The van der Waals surface area contributed by atoms with Crippen LogP contribution in [0.15, 0.2) is 64.2 Å². The first-order valence-electron chi connectivity index (χ1n) is 20.8. The van der Waals surface area contributed by atoms with Crippen LogP contribution in [0.4, 0.5) is 15.4 Å². The van der Waals surface area contributed by atoms with E-state index in [0.717, 1.165) is 5.56 Å². The Kier molecular flexibility index (Phi) is 19.3. The number of alkyl carbamates (subject to hydrolysis) is 2. The summed E-state index contributed by atoms with van der Waals surface area (Å²) in [6, 6.07) is 17.8. The van der Waals surface area contributed by atoms with Crippen LogP contribution < -0.4 is 21.1 Å². The molecule has 19 heteroatoms. The molecule has 0 aliphatic rings. The van der Waals surface area contributed by atoms with Gasteiger partial charge in [-0.05, 0) is 109 Å². The Hall–Kier alpha value is -6.50. The number of carbonyl (C=O) groups is 4. The van der Waals surface area contributed by atoms with Gasteiger partial charge in [-0.15, -0.1) is 0 Å². The van der Waals surface area contributed by atoms with Gasteiger partial charge in [0.2, 0.25) is 5.89 Å². The molecule has 2 aromatic heterocycles. The molecule has 4 N–H and O–H groups in total. The molecule has 2 amide bonds. The van der Waals surface area contributed by atoms with E-state index >= 15 is 0 Å². The number of pyridine rings is 1. The number of carbonyl (C=O) groups excluding carboxylic acids is 4. The summed E-state index contributed by atoms with van der Waals surface area (Å²) < 4.78 is 33.2. The lowest BCUT2D eigenvalue weighted by Gasteiger charge is -2.20. The topological polar surface area (TPSA) is 251 Å². The molecule has 2 aromatic carbocycles. The zero-order chi connectivity index (χ0) is 47.6.